The number of halogens is 1. The fourth-order valence-corrected chi connectivity index (χ4v) is 3.83. The Morgan fingerprint density at radius 3 is 2.53 bits per heavy atom. The monoisotopic (exact) mass is 455 g/mol. The van der Waals surface area contributed by atoms with Crippen LogP contribution in [0, 0.1) is 18.7 Å². The molecule has 0 aliphatic carbocycles. The maximum absolute atomic E-state index is 13.4. The van der Waals surface area contributed by atoms with Crippen molar-refractivity contribution < 1.29 is 14.0 Å². The minimum atomic E-state index is -0.409. The lowest BCUT2D eigenvalue weighted by Crippen LogP contribution is -2.33. The Kier molecular flexibility index (Phi) is 7.63. The zero-order valence-electron chi connectivity index (χ0n) is 18.4. The number of anilines is 1. The van der Waals surface area contributed by atoms with Crippen molar-refractivity contribution in [3.63, 3.8) is 0 Å². The summed E-state index contributed by atoms with van der Waals surface area (Å²) in [5.74, 6) is -0.105. The molecule has 2 amide bonds. The number of carbonyl (C=O) groups is 2. The Morgan fingerprint density at radius 2 is 1.84 bits per heavy atom. The van der Waals surface area contributed by atoms with Crippen molar-refractivity contribution in [1.29, 1.82) is 0 Å². The molecule has 168 valence electrons. The summed E-state index contributed by atoms with van der Waals surface area (Å²) in [5.41, 5.74) is 1.79. The molecule has 3 aromatic rings. The van der Waals surface area contributed by atoms with Crippen LogP contribution in [0.25, 0.3) is 0 Å². The van der Waals surface area contributed by atoms with Crippen LogP contribution in [-0.4, -0.2) is 32.3 Å². The number of hydrogen-bond acceptors (Lipinski definition) is 5. The van der Waals surface area contributed by atoms with Gasteiger partial charge in [-0.1, -0.05) is 49.9 Å². The van der Waals surface area contributed by atoms with Crippen molar-refractivity contribution in [3.05, 3.63) is 71.3 Å². The van der Waals surface area contributed by atoms with Crippen molar-refractivity contribution in [3.8, 4) is 0 Å². The van der Waals surface area contributed by atoms with E-state index in [1.54, 1.807) is 36.7 Å². The number of benzene rings is 2. The van der Waals surface area contributed by atoms with Gasteiger partial charge in [-0.25, -0.2) is 4.39 Å². The average molecular weight is 456 g/mol. The van der Waals surface area contributed by atoms with Crippen LogP contribution >= 0.6 is 11.8 Å². The third-order valence-electron chi connectivity index (χ3n) is 4.94. The number of amides is 2. The first-order valence-corrected chi connectivity index (χ1v) is 11.2. The Bertz CT molecular complexity index is 1100. The largest absolute Gasteiger partial charge is 0.342 e. The maximum atomic E-state index is 13.4. The SMILES string of the molecule is Cc1ccc(F)cc1NC(=O)CSc1nnc([C@H](NC(=O)c2ccccc2)C(C)C)n1C. The average Bonchev–Trinajstić information content (AvgIpc) is 3.13. The van der Waals surface area contributed by atoms with Crippen molar-refractivity contribution in [2.45, 2.75) is 32.0 Å². The van der Waals surface area contributed by atoms with E-state index in [0.717, 1.165) is 5.56 Å². The summed E-state index contributed by atoms with van der Waals surface area (Å²) in [6, 6.07) is 12.9. The van der Waals surface area contributed by atoms with E-state index in [0.29, 0.717) is 22.2 Å². The second-order valence-corrected chi connectivity index (χ2v) is 8.70. The minimum absolute atomic E-state index is 0.0719. The van der Waals surface area contributed by atoms with E-state index in [9.17, 15) is 14.0 Å². The van der Waals surface area contributed by atoms with Gasteiger partial charge in [0.15, 0.2) is 11.0 Å². The van der Waals surface area contributed by atoms with Crippen LogP contribution < -0.4 is 10.6 Å². The van der Waals surface area contributed by atoms with Crippen molar-refractivity contribution >= 4 is 29.3 Å². The standard InChI is InChI=1S/C23H26FN5O2S/c1-14(2)20(26-22(31)16-8-6-5-7-9-16)21-27-28-23(29(21)4)32-13-19(30)25-18-12-17(24)11-10-15(18)3/h5-12,14,20H,13H2,1-4H3,(H,25,30)(H,26,31)/t20-/m1/s1. The second-order valence-electron chi connectivity index (χ2n) is 7.76. The molecule has 0 fully saturated rings. The molecule has 7 nitrogen and oxygen atoms in total. The molecule has 3 rings (SSSR count). The van der Waals surface area contributed by atoms with Gasteiger partial charge in [0.25, 0.3) is 5.91 Å². The van der Waals surface area contributed by atoms with Gasteiger partial charge in [0.2, 0.25) is 5.91 Å². The van der Waals surface area contributed by atoms with Crippen LogP contribution in [0.3, 0.4) is 0 Å². The molecule has 1 aromatic heterocycles. The Balaban J connectivity index is 1.67. The molecule has 2 N–H and O–H groups in total. The lowest BCUT2D eigenvalue weighted by molar-refractivity contribution is -0.113. The molecule has 0 saturated carbocycles. The van der Waals surface area contributed by atoms with Gasteiger partial charge >= 0.3 is 0 Å². The Labute approximate surface area is 190 Å². The van der Waals surface area contributed by atoms with Gasteiger partial charge in [-0.05, 0) is 42.7 Å². The maximum Gasteiger partial charge on any atom is 0.251 e. The molecule has 0 unspecified atom stereocenters. The number of nitrogens with one attached hydrogen (secondary N) is 2. The van der Waals surface area contributed by atoms with Crippen LogP contribution in [0.1, 0.15) is 41.6 Å². The summed E-state index contributed by atoms with van der Waals surface area (Å²) in [6.45, 7) is 5.78. The number of rotatable bonds is 8. The van der Waals surface area contributed by atoms with Crippen LogP contribution in [0.2, 0.25) is 0 Å². The first-order chi connectivity index (χ1) is 15.3. The fraction of sp³-hybridized carbons (Fsp3) is 0.304. The van der Waals surface area contributed by atoms with Gasteiger partial charge in [-0.15, -0.1) is 10.2 Å². The fourth-order valence-electron chi connectivity index (χ4n) is 3.11. The number of nitrogens with zero attached hydrogens (tertiary/aromatic N) is 3. The first kappa shape index (κ1) is 23.5. The van der Waals surface area contributed by atoms with Crippen LogP contribution in [0.4, 0.5) is 10.1 Å². The zero-order chi connectivity index (χ0) is 23.3. The molecule has 0 saturated heterocycles. The van der Waals surface area contributed by atoms with Gasteiger partial charge < -0.3 is 15.2 Å². The van der Waals surface area contributed by atoms with Crippen molar-refractivity contribution in [1.82, 2.24) is 20.1 Å². The quantitative estimate of drug-likeness (QED) is 0.499. The van der Waals surface area contributed by atoms with Crippen LogP contribution in [0.15, 0.2) is 53.7 Å². The summed E-state index contributed by atoms with van der Waals surface area (Å²) in [5, 5.41) is 14.8. The summed E-state index contributed by atoms with van der Waals surface area (Å²) >= 11 is 1.22. The van der Waals surface area contributed by atoms with Crippen LogP contribution in [-0.2, 0) is 11.8 Å². The number of aryl methyl sites for hydroxylation is 1. The summed E-state index contributed by atoms with van der Waals surface area (Å²) in [7, 11) is 1.80. The van der Waals surface area contributed by atoms with Gasteiger partial charge in [0, 0.05) is 18.3 Å². The normalized spacial score (nSPS) is 11.9. The molecule has 32 heavy (non-hydrogen) atoms. The molecular weight excluding hydrogens is 429 g/mol. The smallest absolute Gasteiger partial charge is 0.251 e. The van der Waals surface area contributed by atoms with E-state index in [2.05, 4.69) is 20.8 Å². The number of thioether (sulfide) groups is 1. The van der Waals surface area contributed by atoms with Gasteiger partial charge in [-0.3, -0.25) is 9.59 Å². The molecule has 1 atom stereocenters. The van der Waals surface area contributed by atoms with E-state index >= 15 is 0 Å². The lowest BCUT2D eigenvalue weighted by atomic mass is 10.0. The number of carbonyl (C=O) groups excluding carboxylic acids is 2. The summed E-state index contributed by atoms with van der Waals surface area (Å²) < 4.78 is 15.2. The predicted octanol–water partition coefficient (Wildman–Crippen LogP) is 4.12. The topological polar surface area (TPSA) is 88.9 Å². The van der Waals surface area contributed by atoms with E-state index in [-0.39, 0.29) is 29.5 Å². The summed E-state index contributed by atoms with van der Waals surface area (Å²) in [4.78, 5) is 25.0. The molecule has 0 bridgehead atoms. The van der Waals surface area contributed by atoms with E-state index in [1.165, 1.54) is 23.9 Å². The molecule has 2 aromatic carbocycles. The molecular formula is C23H26FN5O2S. The zero-order valence-corrected chi connectivity index (χ0v) is 19.2. The molecule has 0 radical (unpaired) electrons. The Morgan fingerprint density at radius 1 is 1.12 bits per heavy atom. The van der Waals surface area contributed by atoms with Gasteiger partial charge in [-0.2, -0.15) is 0 Å². The molecule has 0 spiro atoms. The number of aromatic nitrogens is 3. The first-order valence-electron chi connectivity index (χ1n) is 10.2. The molecule has 0 aliphatic heterocycles. The van der Waals surface area contributed by atoms with Gasteiger partial charge in [0.1, 0.15) is 5.82 Å². The van der Waals surface area contributed by atoms with Crippen LogP contribution in [0.5, 0.6) is 0 Å². The van der Waals surface area contributed by atoms with Crippen molar-refractivity contribution in [2.75, 3.05) is 11.1 Å². The van der Waals surface area contributed by atoms with Crippen molar-refractivity contribution in [2.24, 2.45) is 13.0 Å². The summed E-state index contributed by atoms with van der Waals surface area (Å²) in [6.07, 6.45) is 0. The molecule has 9 heteroatoms. The van der Waals surface area contributed by atoms with E-state index in [4.69, 9.17) is 0 Å². The number of hydrogen-bond donors (Lipinski definition) is 2. The second kappa shape index (κ2) is 10.4. The molecule has 0 aliphatic rings. The highest BCUT2D eigenvalue weighted by molar-refractivity contribution is 7.99. The highest BCUT2D eigenvalue weighted by atomic mass is 32.2. The third kappa shape index (κ3) is 5.73. The Hall–Kier alpha value is -3.20. The molecule has 1 heterocycles. The van der Waals surface area contributed by atoms with E-state index in [1.807, 2.05) is 32.0 Å². The lowest BCUT2D eigenvalue weighted by Gasteiger charge is -2.21. The highest BCUT2D eigenvalue weighted by Gasteiger charge is 2.25. The van der Waals surface area contributed by atoms with E-state index < -0.39 is 5.82 Å². The van der Waals surface area contributed by atoms with Gasteiger partial charge in [0.05, 0.1) is 11.8 Å². The minimum Gasteiger partial charge on any atom is -0.342 e. The third-order valence-corrected chi connectivity index (χ3v) is 5.96. The predicted molar refractivity (Wildman–Crippen MR) is 123 cm³/mol. The highest BCUT2D eigenvalue weighted by Crippen LogP contribution is 2.25.